The first-order valence-corrected chi connectivity index (χ1v) is 3.87. The second-order valence-electron chi connectivity index (χ2n) is 1.81. The first-order chi connectivity index (χ1) is 3.93. The zero-order valence-corrected chi connectivity index (χ0v) is 5.83. The van der Waals surface area contributed by atoms with Crippen molar-refractivity contribution in [3.63, 3.8) is 0 Å². The van der Waals surface area contributed by atoms with Gasteiger partial charge in [0, 0.05) is 5.75 Å². The summed E-state index contributed by atoms with van der Waals surface area (Å²) in [5.74, 6) is 2.45. The molecule has 1 aliphatic heterocycles. The lowest BCUT2D eigenvalue weighted by molar-refractivity contribution is 0.333. The summed E-state index contributed by atoms with van der Waals surface area (Å²) in [5, 5.41) is 0. The number of ether oxygens (including phenoxy) is 1. The average molecular weight is 130 g/mol. The van der Waals surface area contributed by atoms with E-state index in [9.17, 15) is 0 Å². The molecule has 1 rings (SSSR count). The highest BCUT2D eigenvalue weighted by Gasteiger charge is 2.05. The minimum absolute atomic E-state index is 1.17. The molecule has 0 saturated carbocycles. The Balaban J connectivity index is 2.33. The maximum absolute atomic E-state index is 4.85. The number of thioether (sulfide) groups is 1. The summed E-state index contributed by atoms with van der Waals surface area (Å²) < 4.78 is 4.85. The number of hydrogen-bond acceptors (Lipinski definition) is 2. The van der Waals surface area contributed by atoms with Crippen molar-refractivity contribution >= 4 is 11.8 Å². The Kier molecular flexibility index (Phi) is 2.27. The van der Waals surface area contributed by atoms with Gasteiger partial charge in [0.05, 0.1) is 13.4 Å². The highest BCUT2D eigenvalue weighted by Crippen LogP contribution is 2.21. The van der Waals surface area contributed by atoms with Crippen LogP contribution in [0.2, 0.25) is 0 Å². The average Bonchev–Trinajstić information content (AvgIpc) is 2.19. The molecule has 1 aliphatic rings. The molecule has 0 atom stereocenters. The van der Waals surface area contributed by atoms with Crippen LogP contribution in [0.15, 0.2) is 11.8 Å². The van der Waals surface area contributed by atoms with Crippen LogP contribution in [0.1, 0.15) is 6.42 Å². The van der Waals surface area contributed by atoms with Crippen LogP contribution in [0.5, 0.6) is 0 Å². The van der Waals surface area contributed by atoms with Crippen molar-refractivity contribution in [3.05, 3.63) is 11.8 Å². The maximum atomic E-state index is 4.85. The van der Waals surface area contributed by atoms with E-state index in [1.54, 1.807) is 7.11 Å². The first-order valence-electron chi connectivity index (χ1n) is 2.72. The normalized spacial score (nSPS) is 24.4. The van der Waals surface area contributed by atoms with Gasteiger partial charge in [0.1, 0.15) is 0 Å². The molecule has 0 bridgehead atoms. The summed E-state index contributed by atoms with van der Waals surface area (Å²) in [7, 11) is 1.70. The second kappa shape index (κ2) is 3.02. The Bertz CT molecular complexity index is 90.7. The molecular formula is C6H10OS. The molecule has 46 valence electrons. The number of rotatable bonds is 1. The quantitative estimate of drug-likeness (QED) is 0.499. The molecule has 0 aromatic rings. The van der Waals surface area contributed by atoms with Crippen LogP contribution in [0.25, 0.3) is 0 Å². The molecule has 1 heterocycles. The van der Waals surface area contributed by atoms with Crippen molar-refractivity contribution in [1.29, 1.82) is 0 Å². The van der Waals surface area contributed by atoms with Crippen LogP contribution in [-0.4, -0.2) is 18.6 Å². The minimum Gasteiger partial charge on any atom is -0.504 e. The fourth-order valence-corrected chi connectivity index (χ4v) is 1.76. The van der Waals surface area contributed by atoms with Gasteiger partial charge in [0.25, 0.3) is 0 Å². The third-order valence-electron chi connectivity index (χ3n) is 1.14. The molecule has 0 aromatic carbocycles. The van der Waals surface area contributed by atoms with Gasteiger partial charge in [-0.15, -0.1) is 0 Å². The summed E-state index contributed by atoms with van der Waals surface area (Å²) in [6.45, 7) is 0. The molecule has 2 heteroatoms. The molecule has 1 nitrogen and oxygen atoms in total. The van der Waals surface area contributed by atoms with Crippen LogP contribution in [0.3, 0.4) is 0 Å². The van der Waals surface area contributed by atoms with Crippen LogP contribution in [0.4, 0.5) is 0 Å². The zero-order chi connectivity index (χ0) is 5.82. The monoisotopic (exact) mass is 130 g/mol. The van der Waals surface area contributed by atoms with Gasteiger partial charge in [-0.05, 0) is 17.7 Å². The molecule has 0 N–H and O–H groups in total. The third-order valence-corrected chi connectivity index (χ3v) is 2.21. The van der Waals surface area contributed by atoms with E-state index < -0.39 is 0 Å². The standard InChI is InChI=1S/C6H10OS/c1-7-4-6-2-3-8-5-6/h4H,2-3,5H2,1H3. The van der Waals surface area contributed by atoms with Crippen LogP contribution in [0, 0.1) is 0 Å². The fraction of sp³-hybridized carbons (Fsp3) is 0.667. The van der Waals surface area contributed by atoms with Crippen molar-refractivity contribution in [2.24, 2.45) is 0 Å². The van der Waals surface area contributed by atoms with Crippen LogP contribution >= 0.6 is 11.8 Å². The summed E-state index contributed by atoms with van der Waals surface area (Å²) >= 11 is 1.97. The van der Waals surface area contributed by atoms with E-state index in [1.165, 1.54) is 23.5 Å². The van der Waals surface area contributed by atoms with Crippen LogP contribution < -0.4 is 0 Å². The highest BCUT2D eigenvalue weighted by atomic mass is 32.2. The van der Waals surface area contributed by atoms with Crippen molar-refractivity contribution in [1.82, 2.24) is 0 Å². The van der Waals surface area contributed by atoms with Gasteiger partial charge in [-0.25, -0.2) is 0 Å². The van der Waals surface area contributed by atoms with E-state index in [2.05, 4.69) is 0 Å². The summed E-state index contributed by atoms with van der Waals surface area (Å²) in [6.07, 6.45) is 3.08. The molecule has 0 aliphatic carbocycles. The Morgan fingerprint density at radius 2 is 2.62 bits per heavy atom. The van der Waals surface area contributed by atoms with Gasteiger partial charge in [0.2, 0.25) is 0 Å². The Labute approximate surface area is 54.1 Å². The SMILES string of the molecule is COC=C1CCSC1. The predicted molar refractivity (Wildman–Crippen MR) is 37.0 cm³/mol. The highest BCUT2D eigenvalue weighted by molar-refractivity contribution is 7.99. The van der Waals surface area contributed by atoms with E-state index in [4.69, 9.17) is 4.74 Å². The second-order valence-corrected chi connectivity index (χ2v) is 2.92. The summed E-state index contributed by atoms with van der Waals surface area (Å²) in [4.78, 5) is 0. The molecule has 0 spiro atoms. The molecule has 1 fully saturated rings. The van der Waals surface area contributed by atoms with Crippen molar-refractivity contribution in [3.8, 4) is 0 Å². The smallest absolute Gasteiger partial charge is 0.0825 e. The lowest BCUT2D eigenvalue weighted by Gasteiger charge is -1.90. The largest absolute Gasteiger partial charge is 0.504 e. The van der Waals surface area contributed by atoms with Crippen molar-refractivity contribution in [2.75, 3.05) is 18.6 Å². The molecule has 1 saturated heterocycles. The molecule has 8 heavy (non-hydrogen) atoms. The van der Waals surface area contributed by atoms with E-state index in [1.807, 2.05) is 18.0 Å². The first kappa shape index (κ1) is 6.02. The minimum atomic E-state index is 1.17. The fourth-order valence-electron chi connectivity index (χ4n) is 0.738. The van der Waals surface area contributed by atoms with Crippen molar-refractivity contribution < 1.29 is 4.74 Å². The Morgan fingerprint density at radius 1 is 1.75 bits per heavy atom. The summed E-state index contributed by atoms with van der Waals surface area (Å²) in [6, 6.07) is 0. The topological polar surface area (TPSA) is 9.23 Å². The van der Waals surface area contributed by atoms with E-state index >= 15 is 0 Å². The van der Waals surface area contributed by atoms with Gasteiger partial charge < -0.3 is 4.74 Å². The lowest BCUT2D eigenvalue weighted by Crippen LogP contribution is -1.78. The molecule has 0 unspecified atom stereocenters. The number of methoxy groups -OCH3 is 1. The van der Waals surface area contributed by atoms with Gasteiger partial charge in [-0.3, -0.25) is 0 Å². The van der Waals surface area contributed by atoms with E-state index in [0.717, 1.165) is 0 Å². The number of hydrogen-bond donors (Lipinski definition) is 0. The Hall–Kier alpha value is -0.110. The Morgan fingerprint density at radius 3 is 3.12 bits per heavy atom. The lowest BCUT2D eigenvalue weighted by atomic mass is 10.3. The summed E-state index contributed by atoms with van der Waals surface area (Å²) in [5.41, 5.74) is 1.44. The van der Waals surface area contributed by atoms with Gasteiger partial charge >= 0.3 is 0 Å². The van der Waals surface area contributed by atoms with E-state index in [-0.39, 0.29) is 0 Å². The van der Waals surface area contributed by atoms with Gasteiger partial charge in [-0.2, -0.15) is 11.8 Å². The maximum Gasteiger partial charge on any atom is 0.0825 e. The third kappa shape index (κ3) is 1.44. The van der Waals surface area contributed by atoms with Crippen LogP contribution in [-0.2, 0) is 4.74 Å². The molecule has 0 aromatic heterocycles. The zero-order valence-electron chi connectivity index (χ0n) is 5.02. The van der Waals surface area contributed by atoms with Crippen molar-refractivity contribution in [2.45, 2.75) is 6.42 Å². The molecule has 0 amide bonds. The van der Waals surface area contributed by atoms with E-state index in [0.29, 0.717) is 0 Å². The predicted octanol–water partition coefficient (Wildman–Crippen LogP) is 1.65. The van der Waals surface area contributed by atoms with Gasteiger partial charge in [-0.1, -0.05) is 0 Å². The molecular weight excluding hydrogens is 120 g/mol. The molecule has 0 radical (unpaired) electrons. The van der Waals surface area contributed by atoms with Gasteiger partial charge in [0.15, 0.2) is 0 Å².